The van der Waals surface area contributed by atoms with E-state index in [1.165, 1.54) is 5.56 Å². The maximum atomic E-state index is 5.71. The summed E-state index contributed by atoms with van der Waals surface area (Å²) in [6.07, 6.45) is 1.68. The Hall–Kier alpha value is -0.930. The van der Waals surface area contributed by atoms with Gasteiger partial charge in [-0.3, -0.25) is 0 Å². The van der Waals surface area contributed by atoms with E-state index in [0.29, 0.717) is 0 Å². The molecule has 0 radical (unpaired) electrons. The van der Waals surface area contributed by atoms with Gasteiger partial charge < -0.3 is 5.73 Å². The molecule has 78 valence electrons. The molecule has 0 fully saturated rings. The van der Waals surface area contributed by atoms with Crippen molar-refractivity contribution < 1.29 is 0 Å². The maximum Gasteiger partial charge on any atom is 0.0894 e. The fourth-order valence-corrected chi connectivity index (χ4v) is 1.30. The lowest BCUT2D eigenvalue weighted by molar-refractivity contribution is 0.902. The van der Waals surface area contributed by atoms with Crippen LogP contribution in [0.4, 0.5) is 5.69 Å². The second-order valence-corrected chi connectivity index (χ2v) is 3.00. The van der Waals surface area contributed by atoms with Crippen molar-refractivity contribution in [2.45, 2.75) is 13.8 Å². The fraction of sp³-hybridized carbons (Fsp3) is 0.222. The van der Waals surface area contributed by atoms with E-state index in [1.54, 1.807) is 6.20 Å². The van der Waals surface area contributed by atoms with Gasteiger partial charge in [-0.15, -0.1) is 24.8 Å². The number of hydrogen-bond donors (Lipinski definition) is 1. The molecule has 0 aliphatic carbocycles. The van der Waals surface area contributed by atoms with E-state index in [0.717, 1.165) is 16.9 Å². The number of aryl methyl sites for hydroxylation is 2. The highest BCUT2D eigenvalue weighted by Crippen LogP contribution is 2.16. The summed E-state index contributed by atoms with van der Waals surface area (Å²) in [4.78, 5) is 0. The van der Waals surface area contributed by atoms with Gasteiger partial charge in [0.05, 0.1) is 17.4 Å². The summed E-state index contributed by atoms with van der Waals surface area (Å²) in [6, 6.07) is 4.05. The maximum absolute atomic E-state index is 5.71. The van der Waals surface area contributed by atoms with Gasteiger partial charge in [0.25, 0.3) is 0 Å². The number of halogens is 2. The van der Waals surface area contributed by atoms with Crippen LogP contribution in [0.3, 0.4) is 0 Å². The zero-order chi connectivity index (χ0) is 8.72. The van der Waals surface area contributed by atoms with Crippen molar-refractivity contribution in [2.75, 3.05) is 5.73 Å². The van der Waals surface area contributed by atoms with Crippen molar-refractivity contribution in [1.82, 2.24) is 9.61 Å². The average molecular weight is 234 g/mol. The van der Waals surface area contributed by atoms with Gasteiger partial charge in [0.1, 0.15) is 0 Å². The minimum atomic E-state index is 0. The first-order valence-corrected chi connectivity index (χ1v) is 3.89. The SMILES string of the molecule is Cc1ccc2c(N)cnn2c1C.Cl.Cl. The van der Waals surface area contributed by atoms with E-state index in [4.69, 9.17) is 5.73 Å². The number of nitrogens with two attached hydrogens (primary N) is 1. The van der Waals surface area contributed by atoms with Crippen molar-refractivity contribution in [1.29, 1.82) is 0 Å². The molecule has 0 bridgehead atoms. The molecule has 0 amide bonds. The molecular formula is C9H13Cl2N3. The van der Waals surface area contributed by atoms with Gasteiger partial charge in [-0.05, 0) is 25.5 Å². The predicted molar refractivity (Wildman–Crippen MR) is 63.6 cm³/mol. The van der Waals surface area contributed by atoms with Gasteiger partial charge in [0.15, 0.2) is 0 Å². The summed E-state index contributed by atoms with van der Waals surface area (Å²) in [5, 5.41) is 4.17. The Balaban J connectivity index is 0.000000845. The van der Waals surface area contributed by atoms with Crippen LogP contribution in [0.1, 0.15) is 11.3 Å². The summed E-state index contributed by atoms with van der Waals surface area (Å²) >= 11 is 0. The Bertz CT molecular complexity index is 437. The largest absolute Gasteiger partial charge is 0.396 e. The Morgan fingerprint density at radius 2 is 1.86 bits per heavy atom. The third-order valence-corrected chi connectivity index (χ3v) is 2.22. The molecule has 14 heavy (non-hydrogen) atoms. The molecule has 2 rings (SSSR count). The molecule has 0 unspecified atom stereocenters. The topological polar surface area (TPSA) is 43.3 Å². The van der Waals surface area contributed by atoms with Crippen molar-refractivity contribution in [3.63, 3.8) is 0 Å². The molecule has 2 N–H and O–H groups in total. The Morgan fingerprint density at radius 1 is 1.21 bits per heavy atom. The molecule has 0 aliphatic rings. The lowest BCUT2D eigenvalue weighted by Crippen LogP contribution is -1.95. The van der Waals surface area contributed by atoms with E-state index in [-0.39, 0.29) is 24.8 Å². The van der Waals surface area contributed by atoms with E-state index in [2.05, 4.69) is 18.1 Å². The first-order valence-electron chi connectivity index (χ1n) is 3.89. The van der Waals surface area contributed by atoms with Crippen molar-refractivity contribution in [3.05, 3.63) is 29.6 Å². The van der Waals surface area contributed by atoms with Crippen LogP contribution in [0.15, 0.2) is 18.3 Å². The second kappa shape index (κ2) is 4.53. The van der Waals surface area contributed by atoms with Crippen LogP contribution in [-0.2, 0) is 0 Å². The molecule has 0 aliphatic heterocycles. The third kappa shape index (κ3) is 1.79. The fourth-order valence-electron chi connectivity index (χ4n) is 1.30. The zero-order valence-electron chi connectivity index (χ0n) is 8.02. The van der Waals surface area contributed by atoms with Crippen LogP contribution in [0.2, 0.25) is 0 Å². The number of aromatic nitrogens is 2. The first kappa shape index (κ1) is 13.1. The molecule has 2 heterocycles. The molecule has 0 spiro atoms. The molecule has 2 aromatic rings. The van der Waals surface area contributed by atoms with Crippen molar-refractivity contribution in [2.24, 2.45) is 0 Å². The van der Waals surface area contributed by atoms with E-state index < -0.39 is 0 Å². The highest BCUT2D eigenvalue weighted by molar-refractivity contribution is 5.85. The molecule has 0 saturated carbocycles. The van der Waals surface area contributed by atoms with E-state index in [1.807, 2.05) is 17.5 Å². The smallest absolute Gasteiger partial charge is 0.0894 e. The van der Waals surface area contributed by atoms with Gasteiger partial charge in [-0.2, -0.15) is 5.10 Å². The highest BCUT2D eigenvalue weighted by atomic mass is 35.5. The number of pyridine rings is 1. The molecule has 5 heteroatoms. The van der Waals surface area contributed by atoms with Crippen LogP contribution >= 0.6 is 24.8 Å². The monoisotopic (exact) mass is 233 g/mol. The Labute approximate surface area is 95.1 Å². The van der Waals surface area contributed by atoms with E-state index in [9.17, 15) is 0 Å². The molecule has 0 aromatic carbocycles. The van der Waals surface area contributed by atoms with Gasteiger partial charge in [-0.1, -0.05) is 6.07 Å². The van der Waals surface area contributed by atoms with Crippen LogP contribution < -0.4 is 5.73 Å². The highest BCUT2D eigenvalue weighted by Gasteiger charge is 2.02. The summed E-state index contributed by atoms with van der Waals surface area (Å²) in [6.45, 7) is 4.10. The quantitative estimate of drug-likeness (QED) is 0.760. The second-order valence-electron chi connectivity index (χ2n) is 3.00. The van der Waals surface area contributed by atoms with E-state index >= 15 is 0 Å². The molecule has 3 nitrogen and oxygen atoms in total. The summed E-state index contributed by atoms with van der Waals surface area (Å²) < 4.78 is 1.87. The van der Waals surface area contributed by atoms with Crippen molar-refractivity contribution >= 4 is 36.0 Å². The number of nitrogen functional groups attached to an aromatic ring is 1. The van der Waals surface area contributed by atoms with Crippen LogP contribution in [0.5, 0.6) is 0 Å². The molecule has 2 aromatic heterocycles. The van der Waals surface area contributed by atoms with Gasteiger partial charge in [0, 0.05) is 5.69 Å². The number of nitrogens with zero attached hydrogens (tertiary/aromatic N) is 2. The molecule has 0 saturated heterocycles. The molecular weight excluding hydrogens is 221 g/mol. The minimum Gasteiger partial charge on any atom is -0.396 e. The zero-order valence-corrected chi connectivity index (χ0v) is 9.65. The Kier molecular flexibility index (Phi) is 4.23. The van der Waals surface area contributed by atoms with Crippen LogP contribution in [0, 0.1) is 13.8 Å². The number of fused-ring (bicyclic) bond motifs is 1. The van der Waals surface area contributed by atoms with Crippen LogP contribution in [-0.4, -0.2) is 9.61 Å². The summed E-state index contributed by atoms with van der Waals surface area (Å²) in [5.41, 5.74) is 9.80. The standard InChI is InChI=1S/C9H11N3.2ClH/c1-6-3-4-9-8(10)5-11-12(9)7(6)2;;/h3-5H,10H2,1-2H3;2*1H. The number of hydrogen-bond acceptors (Lipinski definition) is 2. The Morgan fingerprint density at radius 3 is 2.50 bits per heavy atom. The van der Waals surface area contributed by atoms with Crippen molar-refractivity contribution in [3.8, 4) is 0 Å². The number of anilines is 1. The average Bonchev–Trinajstić information content (AvgIpc) is 2.41. The van der Waals surface area contributed by atoms with Gasteiger partial charge in [0.2, 0.25) is 0 Å². The minimum absolute atomic E-state index is 0. The number of rotatable bonds is 0. The first-order chi connectivity index (χ1) is 5.70. The predicted octanol–water partition coefficient (Wildman–Crippen LogP) is 2.38. The lowest BCUT2D eigenvalue weighted by atomic mass is 10.2. The van der Waals surface area contributed by atoms with Crippen LogP contribution in [0.25, 0.3) is 5.52 Å². The lowest BCUT2D eigenvalue weighted by Gasteiger charge is -2.02. The third-order valence-electron chi connectivity index (χ3n) is 2.22. The van der Waals surface area contributed by atoms with Gasteiger partial charge >= 0.3 is 0 Å². The normalized spacial score (nSPS) is 9.29. The van der Waals surface area contributed by atoms with Gasteiger partial charge in [-0.25, -0.2) is 4.52 Å². The summed E-state index contributed by atoms with van der Waals surface area (Å²) in [5.74, 6) is 0. The summed E-state index contributed by atoms with van der Waals surface area (Å²) in [7, 11) is 0. The molecule has 0 atom stereocenters.